The fourth-order valence-corrected chi connectivity index (χ4v) is 4.34. The molecule has 2 heterocycles. The molecule has 0 aliphatic carbocycles. The van der Waals surface area contributed by atoms with Crippen molar-refractivity contribution in [1.82, 2.24) is 9.21 Å². The van der Waals surface area contributed by atoms with Gasteiger partial charge in [0.05, 0.1) is 12.2 Å². The first-order chi connectivity index (χ1) is 9.29. The third-order valence-electron chi connectivity index (χ3n) is 4.65. The van der Waals surface area contributed by atoms with Gasteiger partial charge in [-0.1, -0.05) is 0 Å². The predicted octanol–water partition coefficient (Wildman–Crippen LogP) is 0.453. The number of carbonyl (C=O) groups is 1. The maximum Gasteiger partial charge on any atom is 0.308 e. The molecule has 2 aliphatic heterocycles. The van der Waals surface area contributed by atoms with Crippen LogP contribution in [0.25, 0.3) is 0 Å². The van der Waals surface area contributed by atoms with Crippen molar-refractivity contribution >= 4 is 16.0 Å². The highest BCUT2D eigenvalue weighted by atomic mass is 32.2. The first-order valence-electron chi connectivity index (χ1n) is 7.21. The highest BCUT2D eigenvalue weighted by Crippen LogP contribution is 2.27. The van der Waals surface area contributed by atoms with Gasteiger partial charge in [0.15, 0.2) is 0 Å². The van der Waals surface area contributed by atoms with Gasteiger partial charge in [0.1, 0.15) is 0 Å². The molecule has 0 amide bonds. The summed E-state index contributed by atoms with van der Waals surface area (Å²) in [5, 5.41) is 9.14. The number of piperidine rings is 1. The Balaban J connectivity index is 1.92. The molecule has 2 fully saturated rings. The van der Waals surface area contributed by atoms with E-state index < -0.39 is 16.0 Å². The van der Waals surface area contributed by atoms with Crippen LogP contribution in [-0.4, -0.2) is 67.2 Å². The van der Waals surface area contributed by atoms with Crippen LogP contribution in [0.3, 0.4) is 0 Å². The normalized spacial score (nSPS) is 33.4. The van der Waals surface area contributed by atoms with Crippen molar-refractivity contribution in [2.45, 2.75) is 32.2 Å². The summed E-state index contributed by atoms with van der Waals surface area (Å²) in [6, 6.07) is 0.0427. The number of hydrogen-bond donors (Lipinski definition) is 1. The van der Waals surface area contributed by atoms with E-state index >= 15 is 0 Å². The highest BCUT2D eigenvalue weighted by molar-refractivity contribution is 7.88. The van der Waals surface area contributed by atoms with E-state index in [0.717, 1.165) is 25.9 Å². The van der Waals surface area contributed by atoms with E-state index in [-0.39, 0.29) is 12.0 Å². The molecule has 1 N–H and O–H groups in total. The Morgan fingerprint density at radius 3 is 2.55 bits per heavy atom. The van der Waals surface area contributed by atoms with Gasteiger partial charge < -0.3 is 5.11 Å². The zero-order chi connectivity index (χ0) is 14.9. The van der Waals surface area contributed by atoms with E-state index in [1.165, 1.54) is 6.26 Å². The number of hydrogen-bond acceptors (Lipinski definition) is 4. The van der Waals surface area contributed by atoms with Crippen LogP contribution < -0.4 is 0 Å². The monoisotopic (exact) mass is 304 g/mol. The Bertz CT molecular complexity index is 465. The van der Waals surface area contributed by atoms with Crippen LogP contribution in [-0.2, 0) is 14.8 Å². The van der Waals surface area contributed by atoms with Gasteiger partial charge in [0.25, 0.3) is 0 Å². The van der Waals surface area contributed by atoms with Gasteiger partial charge in [0, 0.05) is 25.7 Å². The van der Waals surface area contributed by atoms with Gasteiger partial charge in [-0.15, -0.1) is 0 Å². The predicted molar refractivity (Wildman–Crippen MR) is 75.9 cm³/mol. The molecule has 3 atom stereocenters. The number of likely N-dealkylation sites (tertiary alicyclic amines) is 1. The van der Waals surface area contributed by atoms with Crippen LogP contribution in [0.15, 0.2) is 0 Å². The topological polar surface area (TPSA) is 77.9 Å². The molecule has 6 nitrogen and oxygen atoms in total. The van der Waals surface area contributed by atoms with Crippen LogP contribution in [0, 0.1) is 11.8 Å². The van der Waals surface area contributed by atoms with Crippen molar-refractivity contribution in [2.75, 3.05) is 32.4 Å². The van der Waals surface area contributed by atoms with Gasteiger partial charge in [-0.05, 0) is 38.6 Å². The van der Waals surface area contributed by atoms with E-state index in [0.29, 0.717) is 25.4 Å². The fourth-order valence-electron chi connectivity index (χ4n) is 3.40. The van der Waals surface area contributed by atoms with Crippen molar-refractivity contribution in [3.63, 3.8) is 0 Å². The smallest absolute Gasteiger partial charge is 0.308 e. The summed E-state index contributed by atoms with van der Waals surface area (Å²) >= 11 is 0. The van der Waals surface area contributed by atoms with Gasteiger partial charge in [-0.2, -0.15) is 0 Å². The number of aliphatic carboxylic acids is 1. The third kappa shape index (κ3) is 3.51. The Morgan fingerprint density at radius 1 is 1.30 bits per heavy atom. The first kappa shape index (κ1) is 15.7. The molecule has 0 spiro atoms. The summed E-state index contributed by atoms with van der Waals surface area (Å²) < 4.78 is 24.8. The molecule has 0 aromatic rings. The van der Waals surface area contributed by atoms with Gasteiger partial charge >= 0.3 is 5.97 Å². The summed E-state index contributed by atoms with van der Waals surface area (Å²) in [7, 11) is -3.11. The molecule has 2 aliphatic rings. The molecule has 0 aromatic heterocycles. The Labute approximate surface area is 120 Å². The maximum atomic E-state index is 11.6. The fraction of sp³-hybridized carbons (Fsp3) is 0.923. The van der Waals surface area contributed by atoms with Crippen molar-refractivity contribution in [2.24, 2.45) is 11.8 Å². The molecule has 2 rings (SSSR count). The van der Waals surface area contributed by atoms with Crippen molar-refractivity contribution in [3.05, 3.63) is 0 Å². The SMILES string of the molecule is CC1C(C(=O)O)CCN1CC1CCCN(S(C)(=O)=O)C1. The van der Waals surface area contributed by atoms with Crippen LogP contribution in [0.2, 0.25) is 0 Å². The maximum absolute atomic E-state index is 11.6. The second-order valence-corrected chi connectivity index (χ2v) is 8.08. The van der Waals surface area contributed by atoms with E-state index in [1.54, 1.807) is 4.31 Å². The molecule has 3 unspecified atom stereocenters. The lowest BCUT2D eigenvalue weighted by Crippen LogP contribution is -2.44. The van der Waals surface area contributed by atoms with E-state index in [9.17, 15) is 13.2 Å². The largest absolute Gasteiger partial charge is 0.481 e. The summed E-state index contributed by atoms with van der Waals surface area (Å²) in [5.74, 6) is -0.695. The van der Waals surface area contributed by atoms with E-state index in [2.05, 4.69) is 4.90 Å². The molecule has 0 bridgehead atoms. The number of sulfonamides is 1. The minimum absolute atomic E-state index is 0.0427. The van der Waals surface area contributed by atoms with Gasteiger partial charge in [-0.25, -0.2) is 12.7 Å². The molecular formula is C13H24N2O4S. The molecular weight excluding hydrogens is 280 g/mol. The molecule has 0 saturated carbocycles. The minimum Gasteiger partial charge on any atom is -0.481 e. The number of rotatable bonds is 4. The van der Waals surface area contributed by atoms with Crippen LogP contribution >= 0.6 is 0 Å². The average Bonchev–Trinajstić information content (AvgIpc) is 2.70. The zero-order valence-electron chi connectivity index (χ0n) is 12.2. The molecule has 116 valence electrons. The molecule has 0 aromatic carbocycles. The van der Waals surface area contributed by atoms with Crippen LogP contribution in [0.1, 0.15) is 26.2 Å². The van der Waals surface area contributed by atoms with Crippen molar-refractivity contribution in [3.8, 4) is 0 Å². The molecule has 7 heteroatoms. The standard InChI is InChI=1S/C13H24N2O4S/c1-10-12(13(16)17)5-7-14(10)8-11-4-3-6-15(9-11)20(2,18)19/h10-12H,3-9H2,1-2H3,(H,16,17). The number of carboxylic acids is 1. The number of nitrogens with zero attached hydrogens (tertiary/aromatic N) is 2. The second kappa shape index (κ2) is 5.99. The molecule has 2 saturated heterocycles. The lowest BCUT2D eigenvalue weighted by Gasteiger charge is -2.34. The zero-order valence-corrected chi connectivity index (χ0v) is 13.0. The van der Waals surface area contributed by atoms with Crippen LogP contribution in [0.5, 0.6) is 0 Å². The van der Waals surface area contributed by atoms with Gasteiger partial charge in [0.2, 0.25) is 10.0 Å². The molecule has 20 heavy (non-hydrogen) atoms. The van der Waals surface area contributed by atoms with Gasteiger partial charge in [-0.3, -0.25) is 9.69 Å². The summed E-state index contributed by atoms with van der Waals surface area (Å²) in [6.07, 6.45) is 3.86. The Kier molecular flexibility index (Phi) is 4.71. The summed E-state index contributed by atoms with van der Waals surface area (Å²) in [4.78, 5) is 13.3. The summed E-state index contributed by atoms with van der Waals surface area (Å²) in [5.41, 5.74) is 0. The minimum atomic E-state index is -3.11. The van der Waals surface area contributed by atoms with Crippen molar-refractivity contribution in [1.29, 1.82) is 0 Å². The second-order valence-electron chi connectivity index (χ2n) is 6.10. The lowest BCUT2D eigenvalue weighted by atomic mass is 9.98. The average molecular weight is 304 g/mol. The summed E-state index contributed by atoms with van der Waals surface area (Å²) in [6.45, 7) is 4.75. The first-order valence-corrected chi connectivity index (χ1v) is 9.06. The highest BCUT2D eigenvalue weighted by Gasteiger charge is 2.37. The van der Waals surface area contributed by atoms with Crippen LogP contribution in [0.4, 0.5) is 0 Å². The Hall–Kier alpha value is -0.660. The lowest BCUT2D eigenvalue weighted by molar-refractivity contribution is -0.142. The van der Waals surface area contributed by atoms with E-state index in [1.807, 2.05) is 6.92 Å². The quantitative estimate of drug-likeness (QED) is 0.816. The Morgan fingerprint density at radius 2 is 2.00 bits per heavy atom. The molecule has 0 radical (unpaired) electrons. The van der Waals surface area contributed by atoms with Crippen molar-refractivity contribution < 1.29 is 18.3 Å². The van der Waals surface area contributed by atoms with E-state index in [4.69, 9.17) is 5.11 Å². The third-order valence-corrected chi connectivity index (χ3v) is 5.92. The number of carboxylic acid groups (broad SMARTS) is 1.